The summed E-state index contributed by atoms with van der Waals surface area (Å²) in [5.74, 6) is -0.512. The minimum absolute atomic E-state index is 0.150. The number of fused-ring (bicyclic) bond motifs is 6. The molecule has 6 aromatic carbocycles. The van der Waals surface area contributed by atoms with Gasteiger partial charge in [-0.15, -0.1) is 0 Å². The molecule has 0 saturated carbocycles. The number of hydrogen-bond donors (Lipinski definition) is 0. The van der Waals surface area contributed by atoms with E-state index in [1.54, 1.807) is 24.3 Å². The highest BCUT2D eigenvalue weighted by Crippen LogP contribution is 2.25. The first-order chi connectivity index (χ1) is 37.7. The third-order valence-corrected chi connectivity index (χ3v) is 12.7. The molecule has 0 aliphatic carbocycles. The zero-order valence-electron chi connectivity index (χ0n) is 49.3. The summed E-state index contributed by atoms with van der Waals surface area (Å²) < 4.78 is 52.6. The Hall–Kier alpha value is -6.40. The fraction of sp³-hybridized carbons (Fsp3) is 0.273. The minimum atomic E-state index is -0.181. The summed E-state index contributed by atoms with van der Waals surface area (Å²) in [5.41, 5.74) is 6.51. The summed E-state index contributed by atoms with van der Waals surface area (Å²) in [6.45, 7) is 24.0. The van der Waals surface area contributed by atoms with Crippen molar-refractivity contribution in [3.63, 3.8) is 0 Å². The zero-order valence-corrected chi connectivity index (χ0v) is 53.2. The molecular formula is C66H84Br2ClF3N6. The van der Waals surface area contributed by atoms with Gasteiger partial charge in [0, 0.05) is 126 Å². The molecule has 0 radical (unpaired) electrons. The quantitative estimate of drug-likeness (QED) is 0.145. The highest BCUT2D eigenvalue weighted by molar-refractivity contribution is 9.11. The summed E-state index contributed by atoms with van der Waals surface area (Å²) in [4.78, 5) is 0. The van der Waals surface area contributed by atoms with Crippen molar-refractivity contribution < 1.29 is 13.2 Å². The number of aromatic nitrogens is 6. The van der Waals surface area contributed by atoms with E-state index in [4.69, 9.17) is 11.6 Å². The van der Waals surface area contributed by atoms with Crippen LogP contribution >= 0.6 is 43.5 Å². The molecular weight excluding hydrogens is 1130 g/mol. The SMILES string of the molecule is CC.CC.CC.CC.CC.CC.Cn1ccc2c(Br)cccc21.Cn1ccc2c(Cl)cccc21.Cn1ccc2c(F)cccc21.Cn1ccc2ccc(Br)cc21.Cn1ccc2ccc(F)cc21.Cn1ccc2ccc(F)cc21. The Morgan fingerprint density at radius 3 is 1.05 bits per heavy atom. The third kappa shape index (κ3) is 19.8. The largest absolute Gasteiger partial charge is 0.351 e. The molecule has 0 unspecified atom stereocenters. The predicted octanol–water partition coefficient (Wildman–Crippen LogP) is 21.8. The summed E-state index contributed by atoms with van der Waals surface area (Å²) >= 11 is 12.9. The maximum atomic E-state index is 13.0. The normalized spacial score (nSPS) is 9.54. The molecule has 0 amide bonds. The van der Waals surface area contributed by atoms with Crippen LogP contribution in [0.3, 0.4) is 0 Å². The van der Waals surface area contributed by atoms with Gasteiger partial charge in [-0.05, 0) is 137 Å². The molecule has 0 saturated heterocycles. The first kappa shape index (κ1) is 69.6. The molecule has 6 aromatic heterocycles. The summed E-state index contributed by atoms with van der Waals surface area (Å²) in [7, 11) is 11.8. The first-order valence-corrected chi connectivity index (χ1v) is 28.9. The van der Waals surface area contributed by atoms with Gasteiger partial charge in [0.1, 0.15) is 17.5 Å². The fourth-order valence-electron chi connectivity index (χ4n) is 7.50. The van der Waals surface area contributed by atoms with Gasteiger partial charge < -0.3 is 27.4 Å². The van der Waals surface area contributed by atoms with Crippen LogP contribution in [0.25, 0.3) is 65.4 Å². The van der Waals surface area contributed by atoms with E-state index in [0.717, 1.165) is 46.7 Å². The number of hydrogen-bond acceptors (Lipinski definition) is 0. The molecule has 6 heterocycles. The second-order valence-corrected chi connectivity index (χ2v) is 17.9. The standard InChI is InChI=1S/2C9H8BrN.C9H8ClN.3C9H8FN.6C2H6/c1-11-5-4-7-2-3-8(10)6-9(7)11;2*1-11-6-5-7-8(10)3-2-4-9(7)11;2*1-11-5-4-7-2-3-8(10)6-9(7)11;1-11-6-5-7-8(10)3-2-4-9(7)11;6*1-2/h6*2-6H,1H3;6*1-2H3. The van der Waals surface area contributed by atoms with Crippen molar-refractivity contribution in [2.45, 2.75) is 83.1 Å². The van der Waals surface area contributed by atoms with Crippen molar-refractivity contribution in [1.82, 2.24) is 27.4 Å². The molecule has 12 rings (SSSR count). The molecule has 0 aliphatic heterocycles. The van der Waals surface area contributed by atoms with Crippen LogP contribution in [0.5, 0.6) is 0 Å². The van der Waals surface area contributed by atoms with Crippen LogP contribution in [0.2, 0.25) is 5.02 Å². The van der Waals surface area contributed by atoms with Crippen molar-refractivity contribution >= 4 is 109 Å². The topological polar surface area (TPSA) is 29.6 Å². The number of rotatable bonds is 0. The van der Waals surface area contributed by atoms with Crippen molar-refractivity contribution in [2.75, 3.05) is 0 Å². The van der Waals surface area contributed by atoms with Gasteiger partial charge in [-0.1, -0.05) is 151 Å². The van der Waals surface area contributed by atoms with Crippen LogP contribution in [0.1, 0.15) is 83.1 Å². The second-order valence-electron chi connectivity index (χ2n) is 15.7. The van der Waals surface area contributed by atoms with Gasteiger partial charge in [0.15, 0.2) is 0 Å². The molecule has 6 nitrogen and oxygen atoms in total. The number of aryl methyl sites for hydroxylation is 6. The second kappa shape index (κ2) is 37.4. The number of halogens is 6. The van der Waals surface area contributed by atoms with Gasteiger partial charge in [0.05, 0.1) is 16.6 Å². The summed E-state index contributed by atoms with van der Waals surface area (Å²) in [6.07, 6.45) is 11.8. The highest BCUT2D eigenvalue weighted by Gasteiger charge is 2.03. The Morgan fingerprint density at radius 1 is 0.321 bits per heavy atom. The van der Waals surface area contributed by atoms with Gasteiger partial charge in [-0.3, -0.25) is 0 Å². The third-order valence-electron chi connectivity index (χ3n) is 11.2. The average molecular weight is 1210 g/mol. The molecule has 0 bridgehead atoms. The zero-order chi connectivity index (χ0) is 59.1. The summed E-state index contributed by atoms with van der Waals surface area (Å²) in [6, 6.07) is 45.1. The first-order valence-electron chi connectivity index (χ1n) is 26.9. The van der Waals surface area contributed by atoms with E-state index in [1.165, 1.54) is 57.7 Å². The van der Waals surface area contributed by atoms with Crippen molar-refractivity contribution in [3.05, 3.63) is 214 Å². The lowest BCUT2D eigenvalue weighted by Crippen LogP contribution is -1.83. The van der Waals surface area contributed by atoms with E-state index in [2.05, 4.69) is 121 Å². The fourth-order valence-corrected chi connectivity index (χ4v) is 8.57. The summed E-state index contributed by atoms with van der Waals surface area (Å²) in [5, 5.41) is 7.35. The smallest absolute Gasteiger partial charge is 0.132 e. The molecule has 420 valence electrons. The Balaban J connectivity index is 0.000000450. The van der Waals surface area contributed by atoms with Gasteiger partial charge in [0.2, 0.25) is 0 Å². The monoisotopic (exact) mass is 1210 g/mol. The predicted molar refractivity (Wildman–Crippen MR) is 346 cm³/mol. The lowest BCUT2D eigenvalue weighted by molar-refractivity contribution is 0.628. The van der Waals surface area contributed by atoms with E-state index >= 15 is 0 Å². The number of nitrogens with zero attached hydrogens (tertiary/aromatic N) is 6. The van der Waals surface area contributed by atoms with Gasteiger partial charge in [0.25, 0.3) is 0 Å². The van der Waals surface area contributed by atoms with Crippen molar-refractivity contribution in [2.24, 2.45) is 42.3 Å². The molecule has 12 aromatic rings. The van der Waals surface area contributed by atoms with Crippen LogP contribution in [0, 0.1) is 17.5 Å². The van der Waals surface area contributed by atoms with Crippen LogP contribution in [-0.2, 0) is 42.3 Å². The van der Waals surface area contributed by atoms with Gasteiger partial charge >= 0.3 is 0 Å². The van der Waals surface area contributed by atoms with E-state index in [1.807, 2.05) is 192 Å². The maximum absolute atomic E-state index is 13.0. The van der Waals surface area contributed by atoms with Crippen molar-refractivity contribution in [3.8, 4) is 0 Å². The lowest BCUT2D eigenvalue weighted by Gasteiger charge is -1.95. The molecule has 0 atom stereocenters. The Morgan fingerprint density at radius 2 is 0.641 bits per heavy atom. The Kier molecular flexibility index (Phi) is 33.4. The molecule has 12 heteroatoms. The number of benzene rings is 6. The molecule has 78 heavy (non-hydrogen) atoms. The molecule has 0 aliphatic rings. The highest BCUT2D eigenvalue weighted by atomic mass is 79.9. The Bertz CT molecular complexity index is 3180. The van der Waals surface area contributed by atoms with Crippen molar-refractivity contribution in [1.29, 1.82) is 0 Å². The Labute approximate surface area is 485 Å². The van der Waals surface area contributed by atoms with E-state index in [9.17, 15) is 13.2 Å². The maximum Gasteiger partial charge on any atom is 0.132 e. The van der Waals surface area contributed by atoms with Crippen LogP contribution in [-0.4, -0.2) is 27.4 Å². The minimum Gasteiger partial charge on any atom is -0.351 e. The molecule has 0 fully saturated rings. The van der Waals surface area contributed by atoms with Gasteiger partial charge in [-0.25, -0.2) is 13.2 Å². The molecule has 0 N–H and O–H groups in total. The lowest BCUT2D eigenvalue weighted by atomic mass is 10.2. The van der Waals surface area contributed by atoms with Gasteiger partial charge in [-0.2, -0.15) is 0 Å². The van der Waals surface area contributed by atoms with E-state index in [0.29, 0.717) is 5.39 Å². The van der Waals surface area contributed by atoms with Crippen LogP contribution in [0.4, 0.5) is 13.2 Å². The van der Waals surface area contributed by atoms with E-state index in [-0.39, 0.29) is 17.5 Å². The molecule has 0 spiro atoms. The van der Waals surface area contributed by atoms with E-state index < -0.39 is 0 Å². The van der Waals surface area contributed by atoms with Crippen LogP contribution in [0.15, 0.2) is 192 Å². The average Bonchev–Trinajstić information content (AvgIpc) is 4.37. The van der Waals surface area contributed by atoms with Crippen LogP contribution < -0.4 is 0 Å².